The summed E-state index contributed by atoms with van der Waals surface area (Å²) in [6, 6.07) is 6.85. The van der Waals surface area contributed by atoms with Gasteiger partial charge in [-0.3, -0.25) is 0 Å². The molecule has 0 aliphatic heterocycles. The first kappa shape index (κ1) is 11.1. The number of rotatable bonds is 5. The Morgan fingerprint density at radius 1 is 1.25 bits per heavy atom. The summed E-state index contributed by atoms with van der Waals surface area (Å²) in [4.78, 5) is 0. The fraction of sp³-hybridized carbons (Fsp3) is 0.385. The molecule has 0 saturated heterocycles. The summed E-state index contributed by atoms with van der Waals surface area (Å²) in [5.74, 6) is -0.193. The third-order valence-electron chi connectivity index (χ3n) is 2.56. The maximum absolute atomic E-state index is 13.1. The first-order valence-corrected chi connectivity index (χ1v) is 5.63. The molecule has 0 amide bonds. The Labute approximate surface area is 94.6 Å². The molecule has 2 nitrogen and oxygen atoms in total. The van der Waals surface area contributed by atoms with Crippen LogP contribution in [0.5, 0.6) is 0 Å². The number of hydrogen-bond acceptors (Lipinski definition) is 1. The first-order chi connectivity index (χ1) is 7.81. The molecule has 0 aliphatic carbocycles. The van der Waals surface area contributed by atoms with Crippen molar-refractivity contribution >= 4 is 10.9 Å². The van der Waals surface area contributed by atoms with E-state index < -0.39 is 0 Å². The highest BCUT2D eigenvalue weighted by Crippen LogP contribution is 2.16. The zero-order valence-corrected chi connectivity index (χ0v) is 9.45. The maximum Gasteiger partial charge on any atom is 0.125 e. The van der Waals surface area contributed by atoms with Crippen LogP contribution in [0.3, 0.4) is 0 Å². The van der Waals surface area contributed by atoms with Crippen LogP contribution in [0.15, 0.2) is 30.5 Å². The number of hydrogen-bond donors (Lipinski definition) is 0. The zero-order chi connectivity index (χ0) is 11.4. The fourth-order valence-corrected chi connectivity index (χ4v) is 1.76. The third-order valence-corrected chi connectivity index (χ3v) is 2.56. The van der Waals surface area contributed by atoms with Crippen LogP contribution in [-0.4, -0.2) is 17.8 Å². The normalized spacial score (nSPS) is 11.1. The van der Waals surface area contributed by atoms with Gasteiger partial charge in [0.15, 0.2) is 0 Å². The molecule has 2 aromatic rings. The lowest BCUT2D eigenvalue weighted by atomic mass is 10.2. The van der Waals surface area contributed by atoms with Crippen molar-refractivity contribution in [3.63, 3.8) is 0 Å². The van der Waals surface area contributed by atoms with Crippen molar-refractivity contribution in [2.75, 3.05) is 13.2 Å². The van der Waals surface area contributed by atoms with E-state index in [0.717, 1.165) is 30.5 Å². The summed E-state index contributed by atoms with van der Waals surface area (Å²) in [5, 5.41) is 1.07. The number of aromatic nitrogens is 1. The van der Waals surface area contributed by atoms with Crippen molar-refractivity contribution in [2.45, 2.75) is 19.9 Å². The molecule has 1 heterocycles. The highest BCUT2D eigenvalue weighted by molar-refractivity contribution is 5.80. The number of ether oxygens (including phenoxy) is 1. The minimum Gasteiger partial charge on any atom is -0.380 e. The van der Waals surface area contributed by atoms with Gasteiger partial charge in [0.05, 0.1) is 12.1 Å². The molecule has 2 rings (SSSR count). The van der Waals surface area contributed by atoms with Crippen LogP contribution in [0.25, 0.3) is 10.9 Å². The van der Waals surface area contributed by atoms with Gasteiger partial charge in [-0.2, -0.15) is 0 Å². The van der Waals surface area contributed by atoms with Crippen molar-refractivity contribution in [2.24, 2.45) is 0 Å². The number of fused-ring (bicyclic) bond motifs is 1. The van der Waals surface area contributed by atoms with Gasteiger partial charge in [-0.05, 0) is 36.1 Å². The van der Waals surface area contributed by atoms with Gasteiger partial charge in [-0.1, -0.05) is 6.92 Å². The molecule has 0 fully saturated rings. The molecule has 86 valence electrons. The van der Waals surface area contributed by atoms with Crippen LogP contribution < -0.4 is 0 Å². The lowest BCUT2D eigenvalue weighted by molar-refractivity contribution is 0.127. The Hall–Kier alpha value is -1.35. The van der Waals surface area contributed by atoms with Crippen molar-refractivity contribution in [3.05, 3.63) is 36.3 Å². The Morgan fingerprint density at radius 2 is 2.12 bits per heavy atom. The maximum atomic E-state index is 13.1. The van der Waals surface area contributed by atoms with Gasteiger partial charge in [0.2, 0.25) is 0 Å². The van der Waals surface area contributed by atoms with Crippen LogP contribution in [0.4, 0.5) is 4.39 Å². The molecule has 1 aromatic heterocycles. The highest BCUT2D eigenvalue weighted by atomic mass is 19.1. The van der Waals surface area contributed by atoms with Gasteiger partial charge in [0.25, 0.3) is 0 Å². The van der Waals surface area contributed by atoms with E-state index in [1.807, 2.05) is 16.8 Å². The Bertz CT molecular complexity index is 464. The Morgan fingerprint density at radius 3 is 2.94 bits per heavy atom. The van der Waals surface area contributed by atoms with Crippen LogP contribution >= 0.6 is 0 Å². The third kappa shape index (κ3) is 2.42. The number of halogens is 1. The predicted octanol–water partition coefficient (Wildman–Crippen LogP) is 3.21. The van der Waals surface area contributed by atoms with E-state index in [0.29, 0.717) is 6.61 Å². The first-order valence-electron chi connectivity index (χ1n) is 5.63. The van der Waals surface area contributed by atoms with Gasteiger partial charge in [-0.15, -0.1) is 0 Å². The van der Waals surface area contributed by atoms with Crippen molar-refractivity contribution in [1.29, 1.82) is 0 Å². The van der Waals surface area contributed by atoms with Gasteiger partial charge < -0.3 is 9.30 Å². The average Bonchev–Trinajstić information content (AvgIpc) is 2.67. The van der Waals surface area contributed by atoms with Gasteiger partial charge >= 0.3 is 0 Å². The molecule has 0 saturated carbocycles. The quantitative estimate of drug-likeness (QED) is 0.707. The van der Waals surface area contributed by atoms with E-state index in [9.17, 15) is 4.39 Å². The minimum absolute atomic E-state index is 0.193. The molecular formula is C13H16FNO. The van der Waals surface area contributed by atoms with Crippen LogP contribution in [0.1, 0.15) is 13.3 Å². The lowest BCUT2D eigenvalue weighted by Gasteiger charge is -2.06. The van der Waals surface area contributed by atoms with E-state index >= 15 is 0 Å². The summed E-state index contributed by atoms with van der Waals surface area (Å²) in [5.41, 5.74) is 0.931. The smallest absolute Gasteiger partial charge is 0.125 e. The second-order valence-electron chi connectivity index (χ2n) is 3.82. The van der Waals surface area contributed by atoms with E-state index in [1.54, 1.807) is 12.1 Å². The molecule has 0 aliphatic rings. The highest BCUT2D eigenvalue weighted by Gasteiger charge is 2.01. The Balaban J connectivity index is 2.09. The summed E-state index contributed by atoms with van der Waals surface area (Å²) in [6.45, 7) is 4.31. The minimum atomic E-state index is -0.193. The van der Waals surface area contributed by atoms with Crippen LogP contribution in [0, 0.1) is 5.82 Å². The van der Waals surface area contributed by atoms with Gasteiger partial charge in [0.1, 0.15) is 5.82 Å². The largest absolute Gasteiger partial charge is 0.380 e. The lowest BCUT2D eigenvalue weighted by Crippen LogP contribution is -2.05. The van der Waals surface area contributed by atoms with E-state index in [4.69, 9.17) is 4.74 Å². The van der Waals surface area contributed by atoms with Gasteiger partial charge in [-0.25, -0.2) is 4.39 Å². The summed E-state index contributed by atoms with van der Waals surface area (Å²) in [7, 11) is 0. The topological polar surface area (TPSA) is 14.2 Å². The van der Waals surface area contributed by atoms with E-state index in [2.05, 4.69) is 6.92 Å². The van der Waals surface area contributed by atoms with Crippen LogP contribution in [-0.2, 0) is 11.3 Å². The number of benzene rings is 1. The summed E-state index contributed by atoms with van der Waals surface area (Å²) < 4.78 is 20.5. The fourth-order valence-electron chi connectivity index (χ4n) is 1.76. The van der Waals surface area contributed by atoms with Gasteiger partial charge in [0, 0.05) is 19.3 Å². The molecular weight excluding hydrogens is 205 g/mol. The van der Waals surface area contributed by atoms with E-state index in [1.165, 1.54) is 6.07 Å². The molecule has 1 aromatic carbocycles. The Kier molecular flexibility index (Phi) is 3.57. The molecule has 0 atom stereocenters. The molecule has 0 bridgehead atoms. The van der Waals surface area contributed by atoms with Crippen LogP contribution in [0.2, 0.25) is 0 Å². The zero-order valence-electron chi connectivity index (χ0n) is 9.45. The van der Waals surface area contributed by atoms with Crippen molar-refractivity contribution in [1.82, 2.24) is 4.57 Å². The SMILES string of the molecule is CCCOCCn1ccc2ccc(F)cc21. The molecule has 0 radical (unpaired) electrons. The molecule has 3 heteroatoms. The van der Waals surface area contributed by atoms with E-state index in [-0.39, 0.29) is 5.82 Å². The average molecular weight is 221 g/mol. The monoisotopic (exact) mass is 221 g/mol. The second kappa shape index (κ2) is 5.12. The molecule has 0 spiro atoms. The van der Waals surface area contributed by atoms with Crippen molar-refractivity contribution in [3.8, 4) is 0 Å². The standard InChI is InChI=1S/C13H16FNO/c1-2-8-16-9-7-15-6-5-11-3-4-12(14)10-13(11)15/h3-6,10H,2,7-9H2,1H3. The molecule has 0 unspecified atom stereocenters. The predicted molar refractivity (Wildman–Crippen MR) is 63.0 cm³/mol. The summed E-state index contributed by atoms with van der Waals surface area (Å²) >= 11 is 0. The molecule has 0 N–H and O–H groups in total. The summed E-state index contributed by atoms with van der Waals surface area (Å²) in [6.07, 6.45) is 3.00. The molecule has 16 heavy (non-hydrogen) atoms. The number of nitrogens with zero attached hydrogens (tertiary/aromatic N) is 1. The van der Waals surface area contributed by atoms with Crippen molar-refractivity contribution < 1.29 is 9.13 Å². The second-order valence-corrected chi connectivity index (χ2v) is 3.82.